The summed E-state index contributed by atoms with van der Waals surface area (Å²) in [5, 5.41) is 18.0. The lowest BCUT2D eigenvalue weighted by Crippen LogP contribution is -2.43. The molecule has 146 valence electrons. The molecule has 0 unspecified atom stereocenters. The van der Waals surface area contributed by atoms with Crippen molar-refractivity contribution in [2.45, 2.75) is 32.3 Å². The van der Waals surface area contributed by atoms with Crippen LogP contribution in [0.4, 0.5) is 0 Å². The Bertz CT molecular complexity index is 922. The third-order valence-electron chi connectivity index (χ3n) is 4.79. The number of hydrogen-bond donors (Lipinski definition) is 1. The molecule has 1 saturated heterocycles. The number of ether oxygens (including phenoxy) is 1. The van der Waals surface area contributed by atoms with Crippen molar-refractivity contribution in [2.75, 3.05) is 19.7 Å². The maximum Gasteiger partial charge on any atom is 0.290 e. The van der Waals surface area contributed by atoms with Gasteiger partial charge in [-0.05, 0) is 42.2 Å². The molecular weight excluding hydrogens is 358 g/mol. The number of amides is 1. The second-order valence-corrected chi connectivity index (χ2v) is 6.85. The van der Waals surface area contributed by atoms with E-state index in [1.54, 1.807) is 6.20 Å². The predicted molar refractivity (Wildman–Crippen MR) is 102 cm³/mol. The zero-order valence-electron chi connectivity index (χ0n) is 15.8. The number of nitrogens with one attached hydrogen (secondary N) is 1. The Labute approximate surface area is 162 Å². The minimum absolute atomic E-state index is 0.0391. The predicted octanol–water partition coefficient (Wildman–Crippen LogP) is 2.08. The van der Waals surface area contributed by atoms with Crippen LogP contribution in [0, 0.1) is 0 Å². The molecule has 3 aromatic rings. The molecule has 0 aliphatic carbocycles. The molecule has 28 heavy (non-hydrogen) atoms. The van der Waals surface area contributed by atoms with E-state index in [-0.39, 0.29) is 12.0 Å². The summed E-state index contributed by atoms with van der Waals surface area (Å²) < 4.78 is 7.39. The van der Waals surface area contributed by atoms with Crippen LogP contribution in [-0.2, 0) is 4.74 Å². The van der Waals surface area contributed by atoms with Gasteiger partial charge in [0.15, 0.2) is 0 Å². The van der Waals surface area contributed by atoms with Gasteiger partial charge in [0.2, 0.25) is 0 Å². The second-order valence-electron chi connectivity index (χ2n) is 6.85. The molecule has 1 N–H and O–H groups in total. The van der Waals surface area contributed by atoms with Gasteiger partial charge in [-0.1, -0.05) is 24.2 Å². The maximum atomic E-state index is 13.0. The highest BCUT2D eigenvalue weighted by atomic mass is 16.5. The molecule has 0 radical (unpaired) electrons. The van der Waals surface area contributed by atoms with E-state index >= 15 is 0 Å². The Morgan fingerprint density at radius 2 is 2.29 bits per heavy atom. The van der Waals surface area contributed by atoms with Crippen molar-refractivity contribution in [3.05, 3.63) is 42.2 Å². The van der Waals surface area contributed by atoms with Crippen molar-refractivity contribution in [2.24, 2.45) is 0 Å². The fourth-order valence-electron chi connectivity index (χ4n) is 3.39. The summed E-state index contributed by atoms with van der Waals surface area (Å²) in [6, 6.07) is 7.60. The molecule has 0 saturated carbocycles. The normalized spacial score (nSPS) is 17.0. The summed E-state index contributed by atoms with van der Waals surface area (Å²) in [6.07, 6.45) is 6.63. The van der Waals surface area contributed by atoms with Gasteiger partial charge in [0.05, 0.1) is 12.3 Å². The van der Waals surface area contributed by atoms with Gasteiger partial charge in [0.1, 0.15) is 0 Å². The Hall–Kier alpha value is -3.07. The zero-order valence-corrected chi connectivity index (χ0v) is 15.8. The molecule has 1 fully saturated rings. The minimum atomic E-state index is 0.0391. The monoisotopic (exact) mass is 381 g/mol. The molecule has 2 aromatic heterocycles. The van der Waals surface area contributed by atoms with Crippen LogP contribution in [0.15, 0.2) is 36.7 Å². The molecule has 9 nitrogen and oxygen atoms in total. The van der Waals surface area contributed by atoms with Crippen molar-refractivity contribution in [1.82, 2.24) is 35.3 Å². The van der Waals surface area contributed by atoms with E-state index in [0.717, 1.165) is 43.5 Å². The highest BCUT2D eigenvalue weighted by molar-refractivity contribution is 5.95. The highest BCUT2D eigenvalue weighted by Crippen LogP contribution is 2.22. The number of hydrogen-bond acceptors (Lipinski definition) is 6. The topological polar surface area (TPSA) is 102 Å². The molecular formula is C19H23N7O2. The zero-order chi connectivity index (χ0) is 19.3. The Kier molecular flexibility index (Phi) is 5.43. The van der Waals surface area contributed by atoms with Gasteiger partial charge in [-0.25, -0.2) is 4.68 Å². The van der Waals surface area contributed by atoms with Crippen LogP contribution in [0.5, 0.6) is 0 Å². The molecule has 0 spiro atoms. The summed E-state index contributed by atoms with van der Waals surface area (Å²) in [5.41, 5.74) is 2.46. The number of aromatic nitrogens is 6. The quantitative estimate of drug-likeness (QED) is 0.701. The smallest absolute Gasteiger partial charge is 0.290 e. The lowest BCUT2D eigenvalue weighted by molar-refractivity contribution is 0.00211. The van der Waals surface area contributed by atoms with Gasteiger partial charge in [-0.2, -0.15) is 10.3 Å². The van der Waals surface area contributed by atoms with Crippen LogP contribution >= 0.6 is 0 Å². The third kappa shape index (κ3) is 3.94. The van der Waals surface area contributed by atoms with Crippen LogP contribution in [0.2, 0.25) is 0 Å². The first-order chi connectivity index (χ1) is 13.7. The number of nitrogens with zero attached hydrogens (tertiary/aromatic N) is 6. The van der Waals surface area contributed by atoms with Crippen molar-refractivity contribution in [3.8, 4) is 17.1 Å². The number of H-pyrrole nitrogens is 1. The first-order valence-corrected chi connectivity index (χ1v) is 9.54. The number of tetrazole rings is 1. The van der Waals surface area contributed by atoms with E-state index in [9.17, 15) is 4.79 Å². The first kappa shape index (κ1) is 18.3. The van der Waals surface area contributed by atoms with Crippen LogP contribution in [-0.4, -0.2) is 67.0 Å². The molecule has 1 atom stereocenters. The van der Waals surface area contributed by atoms with E-state index in [1.807, 2.05) is 35.4 Å². The molecule has 1 amide bonds. The summed E-state index contributed by atoms with van der Waals surface area (Å²) in [4.78, 5) is 14.9. The molecule has 4 rings (SSSR count). The van der Waals surface area contributed by atoms with Crippen LogP contribution in [0.3, 0.4) is 0 Å². The average molecular weight is 381 g/mol. The van der Waals surface area contributed by atoms with Gasteiger partial charge >= 0.3 is 0 Å². The van der Waals surface area contributed by atoms with Crippen molar-refractivity contribution in [1.29, 1.82) is 0 Å². The van der Waals surface area contributed by atoms with E-state index in [0.29, 0.717) is 18.1 Å². The summed E-state index contributed by atoms with van der Waals surface area (Å²) in [7, 11) is 0. The van der Waals surface area contributed by atoms with Gasteiger partial charge < -0.3 is 9.64 Å². The standard InChI is InChI=1S/C19H23N7O2/c1-2-9-28-17-7-4-8-25(13-17)18(27)15-6-3-5-14(10-15)16-11-20-26(12-16)19-21-23-24-22-19/h3,5-6,10-12,17H,2,4,7-9,13H2,1H3,(H,21,22,23,24)/t17-/m0/s1. The van der Waals surface area contributed by atoms with Crippen LogP contribution in [0.1, 0.15) is 36.5 Å². The summed E-state index contributed by atoms with van der Waals surface area (Å²) >= 11 is 0. The lowest BCUT2D eigenvalue weighted by Gasteiger charge is -2.32. The maximum absolute atomic E-state index is 13.0. The van der Waals surface area contributed by atoms with Gasteiger partial charge in [0, 0.05) is 37.0 Å². The number of carbonyl (C=O) groups excluding carboxylic acids is 1. The number of likely N-dealkylation sites (tertiary alicyclic amines) is 1. The number of carbonyl (C=O) groups is 1. The average Bonchev–Trinajstić information content (AvgIpc) is 3.44. The fraction of sp³-hybridized carbons (Fsp3) is 0.421. The number of benzene rings is 1. The Morgan fingerprint density at radius 3 is 3.11 bits per heavy atom. The molecule has 1 aliphatic rings. The SMILES string of the molecule is CCCO[C@H]1CCCN(C(=O)c2cccc(-c3cnn(-c4nn[nH]n4)c3)c2)C1. The molecule has 1 aromatic carbocycles. The first-order valence-electron chi connectivity index (χ1n) is 9.54. The number of rotatable bonds is 6. The molecule has 3 heterocycles. The summed E-state index contributed by atoms with van der Waals surface area (Å²) in [5.74, 6) is 0.405. The van der Waals surface area contributed by atoms with Crippen LogP contribution < -0.4 is 0 Å². The number of aromatic amines is 1. The third-order valence-corrected chi connectivity index (χ3v) is 4.79. The van der Waals surface area contributed by atoms with Crippen molar-refractivity contribution < 1.29 is 9.53 Å². The van der Waals surface area contributed by atoms with Gasteiger partial charge in [-0.15, -0.1) is 5.10 Å². The van der Waals surface area contributed by atoms with Gasteiger partial charge in [0.25, 0.3) is 11.9 Å². The van der Waals surface area contributed by atoms with E-state index < -0.39 is 0 Å². The molecule has 9 heteroatoms. The second kappa shape index (κ2) is 8.30. The van der Waals surface area contributed by atoms with E-state index in [4.69, 9.17) is 4.74 Å². The Morgan fingerprint density at radius 1 is 1.36 bits per heavy atom. The van der Waals surface area contributed by atoms with Gasteiger partial charge in [-0.3, -0.25) is 4.79 Å². The van der Waals surface area contributed by atoms with E-state index in [2.05, 4.69) is 32.6 Å². The van der Waals surface area contributed by atoms with Crippen molar-refractivity contribution >= 4 is 5.91 Å². The van der Waals surface area contributed by atoms with E-state index in [1.165, 1.54) is 4.68 Å². The lowest BCUT2D eigenvalue weighted by atomic mass is 10.0. The van der Waals surface area contributed by atoms with Crippen LogP contribution in [0.25, 0.3) is 17.1 Å². The molecule has 1 aliphatic heterocycles. The van der Waals surface area contributed by atoms with Crippen molar-refractivity contribution in [3.63, 3.8) is 0 Å². The largest absolute Gasteiger partial charge is 0.376 e. The highest BCUT2D eigenvalue weighted by Gasteiger charge is 2.25. The molecule has 0 bridgehead atoms. The summed E-state index contributed by atoms with van der Waals surface area (Å²) in [6.45, 7) is 4.26. The minimum Gasteiger partial charge on any atom is -0.376 e. The Balaban J connectivity index is 1.50. The number of piperidine rings is 1. The fourth-order valence-corrected chi connectivity index (χ4v) is 3.39.